The molecule has 3 amide bonds. The van der Waals surface area contributed by atoms with Crippen LogP contribution in [0.15, 0.2) is 12.3 Å². The molecule has 2 fully saturated rings. The minimum atomic E-state index is -0.223. The Balaban J connectivity index is 1.81. The molecule has 0 spiro atoms. The lowest BCUT2D eigenvalue weighted by atomic mass is 10.0. The van der Waals surface area contributed by atoms with Gasteiger partial charge >= 0.3 is 6.03 Å². The van der Waals surface area contributed by atoms with Crippen molar-refractivity contribution < 1.29 is 9.59 Å². The molecule has 6 heteroatoms. The number of carbonyl (C=O) groups is 2. The first kappa shape index (κ1) is 10.3. The van der Waals surface area contributed by atoms with Crippen LogP contribution in [0.25, 0.3) is 0 Å². The second-order valence-corrected chi connectivity index (χ2v) is 4.49. The average molecular weight is 234 g/mol. The number of nitrogens with one attached hydrogen (secondary N) is 1. The van der Waals surface area contributed by atoms with E-state index < -0.39 is 0 Å². The zero-order valence-electron chi connectivity index (χ0n) is 9.43. The second-order valence-electron chi connectivity index (χ2n) is 4.49. The summed E-state index contributed by atoms with van der Waals surface area (Å²) >= 11 is 0. The molecule has 2 aliphatic heterocycles. The molecule has 6 nitrogen and oxygen atoms in total. The fourth-order valence-electron chi connectivity index (χ4n) is 2.54. The van der Waals surface area contributed by atoms with Gasteiger partial charge < -0.3 is 4.90 Å². The Kier molecular flexibility index (Phi) is 2.35. The number of hydrogen-bond donors (Lipinski definition) is 1. The number of imide groups is 1. The van der Waals surface area contributed by atoms with Crippen LogP contribution in [0.3, 0.4) is 0 Å². The van der Waals surface area contributed by atoms with E-state index in [1.807, 2.05) is 0 Å². The van der Waals surface area contributed by atoms with Crippen molar-refractivity contribution in [3.63, 3.8) is 0 Å². The van der Waals surface area contributed by atoms with Crippen LogP contribution in [-0.2, 0) is 11.3 Å². The summed E-state index contributed by atoms with van der Waals surface area (Å²) in [6.45, 7) is 0.999. The largest absolute Gasteiger partial charge is 0.327 e. The minimum absolute atomic E-state index is 0.0655. The third-order valence-electron chi connectivity index (χ3n) is 3.42. The van der Waals surface area contributed by atoms with Gasteiger partial charge in [-0.2, -0.15) is 5.10 Å². The number of aromatic nitrogens is 2. The third-order valence-corrected chi connectivity index (χ3v) is 3.42. The van der Waals surface area contributed by atoms with Gasteiger partial charge in [-0.15, -0.1) is 0 Å². The lowest BCUT2D eigenvalue weighted by molar-refractivity contribution is -0.129. The third kappa shape index (κ3) is 1.60. The van der Waals surface area contributed by atoms with Crippen LogP contribution in [0.4, 0.5) is 4.79 Å². The quantitative estimate of drug-likeness (QED) is 0.767. The Bertz CT molecular complexity index is 418. The molecule has 2 saturated heterocycles. The molecule has 3 heterocycles. The summed E-state index contributed by atoms with van der Waals surface area (Å²) < 4.78 is 0. The van der Waals surface area contributed by atoms with E-state index in [1.165, 1.54) is 4.90 Å². The monoisotopic (exact) mass is 234 g/mol. The Morgan fingerprint density at radius 3 is 3.00 bits per heavy atom. The van der Waals surface area contributed by atoms with Gasteiger partial charge in [0.15, 0.2) is 0 Å². The van der Waals surface area contributed by atoms with Gasteiger partial charge in [-0.3, -0.25) is 14.8 Å². The van der Waals surface area contributed by atoms with Crippen molar-refractivity contribution in [3.8, 4) is 0 Å². The van der Waals surface area contributed by atoms with Crippen molar-refractivity contribution in [1.82, 2.24) is 20.0 Å². The first-order valence-corrected chi connectivity index (χ1v) is 5.87. The standard InChI is InChI=1S/C11H14N4O2/c16-10-9-3-1-2-6-14(9)11(17)15(10)7-8-4-5-12-13-8/h4-5,9H,1-3,6-7H2,(H,12,13)/t9-/m1/s1. The molecule has 90 valence electrons. The molecule has 17 heavy (non-hydrogen) atoms. The van der Waals surface area contributed by atoms with Crippen molar-refractivity contribution in [2.45, 2.75) is 31.8 Å². The van der Waals surface area contributed by atoms with Gasteiger partial charge in [-0.05, 0) is 25.3 Å². The van der Waals surface area contributed by atoms with Crippen LogP contribution in [0.2, 0.25) is 0 Å². The summed E-state index contributed by atoms with van der Waals surface area (Å²) in [7, 11) is 0. The van der Waals surface area contributed by atoms with E-state index in [9.17, 15) is 9.59 Å². The summed E-state index contributed by atoms with van der Waals surface area (Å²) in [6.07, 6.45) is 4.43. The van der Waals surface area contributed by atoms with E-state index in [-0.39, 0.29) is 18.0 Å². The SMILES string of the molecule is O=C1[C@H]2CCCCN2C(=O)N1Cc1ccn[nH]1. The Morgan fingerprint density at radius 2 is 2.29 bits per heavy atom. The number of nitrogens with zero attached hydrogens (tertiary/aromatic N) is 3. The van der Waals surface area contributed by atoms with Crippen molar-refractivity contribution in [3.05, 3.63) is 18.0 Å². The van der Waals surface area contributed by atoms with E-state index in [2.05, 4.69) is 10.2 Å². The molecule has 0 aliphatic carbocycles. The van der Waals surface area contributed by atoms with Gasteiger partial charge in [0.25, 0.3) is 5.91 Å². The van der Waals surface area contributed by atoms with Crippen molar-refractivity contribution in [1.29, 1.82) is 0 Å². The number of piperidine rings is 1. The Morgan fingerprint density at radius 1 is 1.41 bits per heavy atom. The first-order valence-electron chi connectivity index (χ1n) is 5.87. The van der Waals surface area contributed by atoms with Gasteiger partial charge in [0.2, 0.25) is 0 Å². The van der Waals surface area contributed by atoms with Crippen LogP contribution in [-0.4, -0.2) is 44.5 Å². The fraction of sp³-hybridized carbons (Fsp3) is 0.545. The van der Waals surface area contributed by atoms with E-state index in [1.54, 1.807) is 17.2 Å². The number of urea groups is 1. The zero-order valence-corrected chi connectivity index (χ0v) is 9.43. The maximum Gasteiger partial charge on any atom is 0.327 e. The number of fused-ring (bicyclic) bond motifs is 1. The van der Waals surface area contributed by atoms with Crippen LogP contribution in [0.5, 0.6) is 0 Å². The average Bonchev–Trinajstić information content (AvgIpc) is 2.94. The van der Waals surface area contributed by atoms with Crippen molar-refractivity contribution >= 4 is 11.9 Å². The normalized spacial score (nSPS) is 24.4. The van der Waals surface area contributed by atoms with Gasteiger partial charge in [0, 0.05) is 12.7 Å². The fourth-order valence-corrected chi connectivity index (χ4v) is 2.54. The van der Waals surface area contributed by atoms with Gasteiger partial charge in [0.05, 0.1) is 12.2 Å². The summed E-state index contributed by atoms with van der Waals surface area (Å²) in [4.78, 5) is 27.2. The number of aromatic amines is 1. The predicted octanol–water partition coefficient (Wildman–Crippen LogP) is 0.726. The maximum atomic E-state index is 12.1. The molecule has 0 saturated carbocycles. The second kappa shape index (κ2) is 3.87. The molecular formula is C11H14N4O2. The minimum Gasteiger partial charge on any atom is -0.312 e. The number of amides is 3. The van der Waals surface area contributed by atoms with E-state index >= 15 is 0 Å². The Labute approximate surface area is 98.6 Å². The molecule has 1 aromatic heterocycles. The van der Waals surface area contributed by atoms with E-state index in [0.717, 1.165) is 25.0 Å². The summed E-state index contributed by atoms with van der Waals surface area (Å²) in [5.74, 6) is -0.0655. The van der Waals surface area contributed by atoms with Crippen LogP contribution < -0.4 is 0 Å². The molecule has 0 aromatic carbocycles. The lowest BCUT2D eigenvalue weighted by Gasteiger charge is -2.26. The summed E-state index contributed by atoms with van der Waals surface area (Å²) in [6, 6.07) is 1.39. The summed E-state index contributed by atoms with van der Waals surface area (Å²) in [5.41, 5.74) is 0.784. The molecule has 0 radical (unpaired) electrons. The van der Waals surface area contributed by atoms with Crippen molar-refractivity contribution in [2.24, 2.45) is 0 Å². The van der Waals surface area contributed by atoms with Crippen LogP contribution in [0, 0.1) is 0 Å². The van der Waals surface area contributed by atoms with Gasteiger partial charge in [0.1, 0.15) is 6.04 Å². The van der Waals surface area contributed by atoms with Crippen molar-refractivity contribution in [2.75, 3.05) is 6.54 Å². The highest BCUT2D eigenvalue weighted by Crippen LogP contribution is 2.27. The number of H-pyrrole nitrogens is 1. The molecule has 0 bridgehead atoms. The number of rotatable bonds is 2. The lowest BCUT2D eigenvalue weighted by Crippen LogP contribution is -2.38. The Hall–Kier alpha value is -1.85. The molecular weight excluding hydrogens is 220 g/mol. The van der Waals surface area contributed by atoms with Crippen LogP contribution >= 0.6 is 0 Å². The number of carbonyl (C=O) groups excluding carboxylic acids is 2. The predicted molar refractivity (Wildman–Crippen MR) is 58.9 cm³/mol. The highest BCUT2D eigenvalue weighted by Gasteiger charge is 2.45. The molecule has 2 aliphatic rings. The first-order chi connectivity index (χ1) is 8.27. The number of hydrogen-bond acceptors (Lipinski definition) is 3. The van der Waals surface area contributed by atoms with Gasteiger partial charge in [-0.1, -0.05) is 0 Å². The molecule has 1 N–H and O–H groups in total. The van der Waals surface area contributed by atoms with E-state index in [0.29, 0.717) is 13.1 Å². The zero-order chi connectivity index (χ0) is 11.8. The van der Waals surface area contributed by atoms with E-state index in [4.69, 9.17) is 0 Å². The topological polar surface area (TPSA) is 69.3 Å². The smallest absolute Gasteiger partial charge is 0.312 e. The van der Waals surface area contributed by atoms with Crippen LogP contribution in [0.1, 0.15) is 25.0 Å². The molecule has 3 rings (SSSR count). The highest BCUT2D eigenvalue weighted by molar-refractivity contribution is 6.04. The maximum absolute atomic E-state index is 12.1. The highest BCUT2D eigenvalue weighted by atomic mass is 16.2. The van der Waals surface area contributed by atoms with Gasteiger partial charge in [-0.25, -0.2) is 4.79 Å². The molecule has 0 unspecified atom stereocenters. The molecule has 1 atom stereocenters. The summed E-state index contributed by atoms with van der Waals surface area (Å²) in [5, 5.41) is 6.59. The molecule has 1 aromatic rings.